The molecule has 0 aliphatic rings. The molecule has 0 aromatic carbocycles. The van der Waals surface area contributed by atoms with Crippen molar-refractivity contribution in [2.24, 2.45) is 0 Å². The summed E-state index contributed by atoms with van der Waals surface area (Å²) in [4.78, 5) is 22.9. The van der Waals surface area contributed by atoms with Crippen molar-refractivity contribution in [2.45, 2.75) is 6.54 Å². The molecule has 106 valence electrons. The fourth-order valence-corrected chi connectivity index (χ4v) is 1.82. The fourth-order valence-electron chi connectivity index (χ4n) is 1.22. The number of aromatic nitrogens is 2. The van der Waals surface area contributed by atoms with E-state index in [1.165, 1.54) is 13.3 Å². The Labute approximate surface area is 117 Å². The second-order valence-electron chi connectivity index (χ2n) is 3.62. The Morgan fingerprint density at radius 1 is 1.63 bits per heavy atom. The first-order chi connectivity index (χ1) is 8.95. The molecule has 1 atom stereocenters. The van der Waals surface area contributed by atoms with Crippen LogP contribution >= 0.6 is 11.6 Å². The molecule has 0 saturated carbocycles. The summed E-state index contributed by atoms with van der Waals surface area (Å²) in [5.41, 5.74) is -0.243. The van der Waals surface area contributed by atoms with E-state index < -0.39 is 22.3 Å². The van der Waals surface area contributed by atoms with Gasteiger partial charge in [-0.2, -0.15) is 5.10 Å². The largest absolute Gasteiger partial charge is 0.468 e. The van der Waals surface area contributed by atoms with Gasteiger partial charge < -0.3 is 10.1 Å². The summed E-state index contributed by atoms with van der Waals surface area (Å²) in [5, 5.41) is 6.60. The average molecular weight is 308 g/mol. The molecule has 0 spiro atoms. The van der Waals surface area contributed by atoms with Crippen LogP contribution in [0.1, 0.15) is 0 Å². The Morgan fingerprint density at radius 3 is 2.89 bits per heavy atom. The number of anilines is 1. The van der Waals surface area contributed by atoms with Crippen LogP contribution in [0, 0.1) is 0 Å². The Bertz CT molecular complexity index is 546. The van der Waals surface area contributed by atoms with Crippen LogP contribution in [-0.4, -0.2) is 45.6 Å². The van der Waals surface area contributed by atoms with Gasteiger partial charge in [0.05, 0.1) is 19.0 Å². The number of nitrogens with one attached hydrogen (secondary N) is 1. The molecule has 0 aliphatic carbocycles. The third-order valence-electron chi connectivity index (χ3n) is 2.20. The SMILES string of the molecule is COC(=O)Cn1ncc(NCCS(C)=O)c(Cl)c1=O. The molecule has 7 nitrogen and oxygen atoms in total. The van der Waals surface area contributed by atoms with Gasteiger partial charge in [-0.15, -0.1) is 0 Å². The van der Waals surface area contributed by atoms with Gasteiger partial charge >= 0.3 is 5.97 Å². The van der Waals surface area contributed by atoms with E-state index in [1.54, 1.807) is 6.26 Å². The van der Waals surface area contributed by atoms with Crippen LogP contribution in [-0.2, 0) is 26.9 Å². The second kappa shape index (κ2) is 7.25. The molecular formula is C10H14ClN3O4S. The average Bonchev–Trinajstić information content (AvgIpc) is 2.37. The highest BCUT2D eigenvalue weighted by Crippen LogP contribution is 2.14. The summed E-state index contributed by atoms with van der Waals surface area (Å²) in [6, 6.07) is 0. The van der Waals surface area contributed by atoms with Gasteiger partial charge in [0.2, 0.25) is 0 Å². The van der Waals surface area contributed by atoms with Crippen molar-refractivity contribution in [3.05, 3.63) is 21.6 Å². The van der Waals surface area contributed by atoms with Crippen molar-refractivity contribution in [1.29, 1.82) is 0 Å². The summed E-state index contributed by atoms with van der Waals surface area (Å²) in [6.45, 7) is 0.110. The van der Waals surface area contributed by atoms with Gasteiger partial charge in [-0.05, 0) is 0 Å². The maximum Gasteiger partial charge on any atom is 0.327 e. The lowest BCUT2D eigenvalue weighted by Crippen LogP contribution is -2.28. The number of halogens is 1. The highest BCUT2D eigenvalue weighted by Gasteiger charge is 2.11. The Morgan fingerprint density at radius 2 is 2.32 bits per heavy atom. The summed E-state index contributed by atoms with van der Waals surface area (Å²) in [7, 11) is 0.283. The topological polar surface area (TPSA) is 90.3 Å². The number of nitrogens with zero attached hydrogens (tertiary/aromatic N) is 2. The number of esters is 1. The molecule has 0 amide bonds. The van der Waals surface area contributed by atoms with E-state index in [2.05, 4.69) is 15.2 Å². The lowest BCUT2D eigenvalue weighted by atomic mass is 10.4. The number of methoxy groups -OCH3 is 1. The summed E-state index contributed by atoms with van der Waals surface area (Å²) < 4.78 is 16.3. The maximum atomic E-state index is 11.8. The van der Waals surface area contributed by atoms with Gasteiger partial charge in [0.1, 0.15) is 11.6 Å². The van der Waals surface area contributed by atoms with Crippen molar-refractivity contribution < 1.29 is 13.7 Å². The zero-order valence-corrected chi connectivity index (χ0v) is 12.1. The van der Waals surface area contributed by atoms with Gasteiger partial charge in [0, 0.05) is 29.4 Å². The Kier molecular flexibility index (Phi) is 5.97. The monoisotopic (exact) mass is 307 g/mol. The van der Waals surface area contributed by atoms with Crippen LogP contribution in [0.15, 0.2) is 11.0 Å². The molecule has 0 saturated heterocycles. The summed E-state index contributed by atoms with van der Waals surface area (Å²) in [6.07, 6.45) is 2.92. The van der Waals surface area contributed by atoms with E-state index >= 15 is 0 Å². The first-order valence-corrected chi connectivity index (χ1v) is 7.42. The van der Waals surface area contributed by atoms with Crippen LogP contribution in [0.5, 0.6) is 0 Å². The van der Waals surface area contributed by atoms with Gasteiger partial charge in [0.25, 0.3) is 5.56 Å². The predicted molar refractivity (Wildman–Crippen MR) is 72.9 cm³/mol. The second-order valence-corrected chi connectivity index (χ2v) is 5.55. The van der Waals surface area contributed by atoms with Crippen molar-refractivity contribution in [3.8, 4) is 0 Å². The summed E-state index contributed by atoms with van der Waals surface area (Å²) in [5.74, 6) is -0.158. The van der Waals surface area contributed by atoms with E-state index in [-0.39, 0.29) is 11.6 Å². The molecule has 1 rings (SSSR count). The standard InChI is InChI=1S/C10H14ClN3O4S/c1-18-8(15)6-14-10(16)9(11)7(5-13-14)12-3-4-19(2)17/h5,12H,3-4,6H2,1-2H3. The zero-order valence-electron chi connectivity index (χ0n) is 10.5. The van der Waals surface area contributed by atoms with E-state index in [4.69, 9.17) is 11.6 Å². The molecule has 0 bridgehead atoms. The first kappa shape index (κ1) is 15.6. The number of rotatable bonds is 6. The molecule has 9 heteroatoms. The molecule has 1 N–H and O–H groups in total. The highest BCUT2D eigenvalue weighted by molar-refractivity contribution is 7.84. The molecule has 0 radical (unpaired) electrons. The first-order valence-electron chi connectivity index (χ1n) is 5.32. The lowest BCUT2D eigenvalue weighted by Gasteiger charge is -2.09. The number of carbonyl (C=O) groups is 1. The minimum absolute atomic E-state index is 0.0687. The fraction of sp³-hybridized carbons (Fsp3) is 0.500. The normalized spacial score (nSPS) is 11.9. The maximum absolute atomic E-state index is 11.8. The van der Waals surface area contributed by atoms with Gasteiger partial charge in [-0.3, -0.25) is 13.8 Å². The van der Waals surface area contributed by atoms with Crippen LogP contribution in [0.2, 0.25) is 5.02 Å². The lowest BCUT2D eigenvalue weighted by molar-refractivity contribution is -0.141. The van der Waals surface area contributed by atoms with E-state index in [1.807, 2.05) is 0 Å². The molecule has 1 aromatic heterocycles. The van der Waals surface area contributed by atoms with Crippen LogP contribution in [0.3, 0.4) is 0 Å². The van der Waals surface area contributed by atoms with E-state index in [0.29, 0.717) is 18.0 Å². The zero-order chi connectivity index (χ0) is 14.4. The van der Waals surface area contributed by atoms with Crippen molar-refractivity contribution >= 4 is 34.1 Å². The third kappa shape index (κ3) is 4.64. The highest BCUT2D eigenvalue weighted by atomic mass is 35.5. The Balaban J connectivity index is 2.82. The summed E-state index contributed by atoms with van der Waals surface area (Å²) >= 11 is 5.88. The predicted octanol–water partition coefficient (Wildman–Crippen LogP) is -0.140. The minimum Gasteiger partial charge on any atom is -0.468 e. The molecule has 1 heterocycles. The molecule has 19 heavy (non-hydrogen) atoms. The Hall–Kier alpha value is -1.41. The number of hydrogen-bond donors (Lipinski definition) is 1. The molecule has 0 aliphatic heterocycles. The quantitative estimate of drug-likeness (QED) is 0.736. The van der Waals surface area contributed by atoms with E-state index in [9.17, 15) is 13.8 Å². The van der Waals surface area contributed by atoms with Gasteiger partial charge in [-0.1, -0.05) is 11.6 Å². The molecule has 1 aromatic rings. The number of ether oxygens (including phenoxy) is 1. The van der Waals surface area contributed by atoms with E-state index in [0.717, 1.165) is 4.68 Å². The van der Waals surface area contributed by atoms with Crippen molar-refractivity contribution in [2.75, 3.05) is 31.0 Å². The number of carbonyl (C=O) groups excluding carboxylic acids is 1. The number of hydrogen-bond acceptors (Lipinski definition) is 6. The van der Waals surface area contributed by atoms with Crippen LogP contribution < -0.4 is 10.9 Å². The van der Waals surface area contributed by atoms with Crippen molar-refractivity contribution in [1.82, 2.24) is 9.78 Å². The third-order valence-corrected chi connectivity index (χ3v) is 3.34. The molecule has 0 fully saturated rings. The van der Waals surface area contributed by atoms with Gasteiger partial charge in [0.15, 0.2) is 0 Å². The van der Waals surface area contributed by atoms with Crippen LogP contribution in [0.4, 0.5) is 5.69 Å². The molecule has 1 unspecified atom stereocenters. The van der Waals surface area contributed by atoms with Crippen LogP contribution in [0.25, 0.3) is 0 Å². The van der Waals surface area contributed by atoms with Gasteiger partial charge in [-0.25, -0.2) is 4.68 Å². The smallest absolute Gasteiger partial charge is 0.327 e. The van der Waals surface area contributed by atoms with Crippen molar-refractivity contribution in [3.63, 3.8) is 0 Å². The minimum atomic E-state index is -0.935. The molecular weight excluding hydrogens is 294 g/mol.